The second-order valence-corrected chi connectivity index (χ2v) is 3.06. The first-order chi connectivity index (χ1) is 7.35. The molecule has 15 heavy (non-hydrogen) atoms. The molecule has 2 rings (SSSR count). The van der Waals surface area contributed by atoms with E-state index in [0.717, 1.165) is 22.8 Å². The molecule has 0 unspecified atom stereocenters. The van der Waals surface area contributed by atoms with Crippen molar-refractivity contribution in [3.8, 4) is 17.1 Å². The first-order valence-corrected chi connectivity index (χ1v) is 4.62. The summed E-state index contributed by atoms with van der Waals surface area (Å²) in [6, 6.07) is 7.58. The van der Waals surface area contributed by atoms with E-state index in [2.05, 4.69) is 4.98 Å². The van der Waals surface area contributed by atoms with Crippen LogP contribution < -0.4 is 10.5 Å². The van der Waals surface area contributed by atoms with Gasteiger partial charge in [0.05, 0.1) is 7.11 Å². The highest BCUT2D eigenvalue weighted by molar-refractivity contribution is 5.60. The van der Waals surface area contributed by atoms with Gasteiger partial charge < -0.3 is 14.9 Å². The Bertz CT molecular complexity index is 434. The van der Waals surface area contributed by atoms with Crippen molar-refractivity contribution in [3.05, 3.63) is 36.4 Å². The van der Waals surface area contributed by atoms with Crippen LogP contribution >= 0.6 is 0 Å². The zero-order valence-electron chi connectivity index (χ0n) is 8.43. The summed E-state index contributed by atoms with van der Waals surface area (Å²) in [6.07, 6.45) is 1.40. The van der Waals surface area contributed by atoms with Crippen LogP contribution in [0.1, 0.15) is 5.69 Å². The molecule has 2 aromatic rings. The van der Waals surface area contributed by atoms with Crippen molar-refractivity contribution < 1.29 is 9.15 Å². The summed E-state index contributed by atoms with van der Waals surface area (Å²) < 4.78 is 10.4. The molecule has 0 aliphatic heterocycles. The van der Waals surface area contributed by atoms with Crippen molar-refractivity contribution in [2.45, 2.75) is 6.54 Å². The normalized spacial score (nSPS) is 10.3. The maximum Gasteiger partial charge on any atom is 0.181 e. The number of nitrogens with zero attached hydrogens (tertiary/aromatic N) is 1. The summed E-state index contributed by atoms with van der Waals surface area (Å²) >= 11 is 0. The van der Waals surface area contributed by atoms with Crippen LogP contribution in [0.25, 0.3) is 11.3 Å². The molecule has 0 amide bonds. The number of benzene rings is 1. The molecule has 0 saturated carbocycles. The Hall–Kier alpha value is -1.81. The third-order valence-corrected chi connectivity index (χ3v) is 2.19. The molecule has 0 bridgehead atoms. The molecule has 1 heterocycles. The summed E-state index contributed by atoms with van der Waals surface area (Å²) in [6.45, 7) is 0.373. The highest BCUT2D eigenvalue weighted by atomic mass is 16.5. The molecule has 78 valence electrons. The lowest BCUT2D eigenvalue weighted by Gasteiger charge is -2.01. The first kappa shape index (κ1) is 9.73. The SMILES string of the molecule is COc1ccc(-c2ocnc2CN)cc1. The zero-order chi connectivity index (χ0) is 10.7. The lowest BCUT2D eigenvalue weighted by Crippen LogP contribution is -1.98. The van der Waals surface area contributed by atoms with Gasteiger partial charge in [-0.3, -0.25) is 0 Å². The Morgan fingerprint density at radius 1 is 1.33 bits per heavy atom. The van der Waals surface area contributed by atoms with Gasteiger partial charge in [0.15, 0.2) is 12.2 Å². The average molecular weight is 204 g/mol. The number of hydrogen-bond acceptors (Lipinski definition) is 4. The van der Waals surface area contributed by atoms with Crippen molar-refractivity contribution >= 4 is 0 Å². The van der Waals surface area contributed by atoms with E-state index < -0.39 is 0 Å². The van der Waals surface area contributed by atoms with Crippen molar-refractivity contribution in [1.82, 2.24) is 4.98 Å². The molecule has 1 aromatic heterocycles. The van der Waals surface area contributed by atoms with Gasteiger partial charge in [0, 0.05) is 12.1 Å². The minimum Gasteiger partial charge on any atom is -0.497 e. The highest BCUT2D eigenvalue weighted by Gasteiger charge is 2.08. The molecule has 4 heteroatoms. The summed E-state index contributed by atoms with van der Waals surface area (Å²) in [5, 5.41) is 0. The predicted octanol–water partition coefficient (Wildman–Crippen LogP) is 1.81. The van der Waals surface area contributed by atoms with Crippen molar-refractivity contribution in [3.63, 3.8) is 0 Å². The van der Waals surface area contributed by atoms with Gasteiger partial charge in [-0.2, -0.15) is 0 Å². The summed E-state index contributed by atoms with van der Waals surface area (Å²) in [5.74, 6) is 1.53. The molecule has 2 N–H and O–H groups in total. The second-order valence-electron chi connectivity index (χ2n) is 3.06. The van der Waals surface area contributed by atoms with Crippen LogP contribution in [-0.2, 0) is 6.54 Å². The molecule has 0 fully saturated rings. The maximum absolute atomic E-state index is 5.54. The van der Waals surface area contributed by atoms with E-state index >= 15 is 0 Å². The molecule has 4 nitrogen and oxygen atoms in total. The second kappa shape index (κ2) is 4.14. The highest BCUT2D eigenvalue weighted by Crippen LogP contribution is 2.24. The number of oxazole rings is 1. The van der Waals surface area contributed by atoms with Gasteiger partial charge in [0.25, 0.3) is 0 Å². The van der Waals surface area contributed by atoms with E-state index in [0.29, 0.717) is 6.54 Å². The van der Waals surface area contributed by atoms with Crippen LogP contribution in [0.15, 0.2) is 35.1 Å². The van der Waals surface area contributed by atoms with Gasteiger partial charge in [-0.1, -0.05) is 0 Å². The van der Waals surface area contributed by atoms with Gasteiger partial charge >= 0.3 is 0 Å². The Kier molecular flexibility index (Phi) is 2.69. The lowest BCUT2D eigenvalue weighted by molar-refractivity contribution is 0.415. The Balaban J connectivity index is 2.37. The number of hydrogen-bond donors (Lipinski definition) is 1. The maximum atomic E-state index is 5.54. The molecule has 0 aliphatic carbocycles. The fourth-order valence-corrected chi connectivity index (χ4v) is 1.39. The van der Waals surface area contributed by atoms with Crippen LogP contribution in [0.2, 0.25) is 0 Å². The molecule has 0 aliphatic rings. The Morgan fingerprint density at radius 2 is 2.07 bits per heavy atom. The number of aromatic nitrogens is 1. The van der Waals surface area contributed by atoms with E-state index in [1.165, 1.54) is 6.39 Å². The Labute approximate surface area is 87.7 Å². The van der Waals surface area contributed by atoms with E-state index in [1.54, 1.807) is 7.11 Å². The minimum atomic E-state index is 0.373. The van der Waals surface area contributed by atoms with E-state index in [4.69, 9.17) is 14.9 Å². The van der Waals surface area contributed by atoms with Gasteiger partial charge in [0.2, 0.25) is 0 Å². The monoisotopic (exact) mass is 204 g/mol. The molecular formula is C11H12N2O2. The van der Waals surface area contributed by atoms with Gasteiger partial charge in [-0.15, -0.1) is 0 Å². The molecule has 0 radical (unpaired) electrons. The summed E-state index contributed by atoms with van der Waals surface area (Å²) in [4.78, 5) is 4.03. The third-order valence-electron chi connectivity index (χ3n) is 2.19. The van der Waals surface area contributed by atoms with Crippen LogP contribution in [0.3, 0.4) is 0 Å². The van der Waals surface area contributed by atoms with E-state index in [-0.39, 0.29) is 0 Å². The minimum absolute atomic E-state index is 0.373. The molecule has 0 saturated heterocycles. The van der Waals surface area contributed by atoms with Gasteiger partial charge in [-0.05, 0) is 24.3 Å². The summed E-state index contributed by atoms with van der Waals surface area (Å²) in [7, 11) is 1.63. The van der Waals surface area contributed by atoms with Crippen molar-refractivity contribution in [2.24, 2.45) is 5.73 Å². The molecular weight excluding hydrogens is 192 g/mol. The summed E-state index contributed by atoms with van der Waals surface area (Å²) in [5.41, 5.74) is 7.26. The van der Waals surface area contributed by atoms with Crippen LogP contribution in [0.4, 0.5) is 0 Å². The van der Waals surface area contributed by atoms with E-state index in [9.17, 15) is 0 Å². The largest absolute Gasteiger partial charge is 0.497 e. The number of rotatable bonds is 3. The van der Waals surface area contributed by atoms with Gasteiger partial charge in [0.1, 0.15) is 11.4 Å². The quantitative estimate of drug-likeness (QED) is 0.828. The number of methoxy groups -OCH3 is 1. The van der Waals surface area contributed by atoms with Crippen LogP contribution in [-0.4, -0.2) is 12.1 Å². The molecule has 0 atom stereocenters. The molecule has 1 aromatic carbocycles. The fraction of sp³-hybridized carbons (Fsp3) is 0.182. The van der Waals surface area contributed by atoms with Gasteiger partial charge in [-0.25, -0.2) is 4.98 Å². The number of ether oxygens (including phenoxy) is 1. The van der Waals surface area contributed by atoms with Crippen LogP contribution in [0.5, 0.6) is 5.75 Å². The van der Waals surface area contributed by atoms with E-state index in [1.807, 2.05) is 24.3 Å². The number of nitrogens with two attached hydrogens (primary N) is 1. The predicted molar refractivity (Wildman–Crippen MR) is 56.4 cm³/mol. The standard InChI is InChI=1S/C11H12N2O2/c1-14-9-4-2-8(3-5-9)11-10(6-12)13-7-15-11/h2-5,7H,6,12H2,1H3. The Morgan fingerprint density at radius 3 is 2.67 bits per heavy atom. The first-order valence-electron chi connectivity index (χ1n) is 4.62. The van der Waals surface area contributed by atoms with Crippen molar-refractivity contribution in [2.75, 3.05) is 7.11 Å². The zero-order valence-corrected chi connectivity index (χ0v) is 8.43. The smallest absolute Gasteiger partial charge is 0.181 e. The topological polar surface area (TPSA) is 61.3 Å². The third kappa shape index (κ3) is 1.85. The van der Waals surface area contributed by atoms with Crippen molar-refractivity contribution in [1.29, 1.82) is 0 Å². The average Bonchev–Trinajstić information content (AvgIpc) is 2.77. The molecule has 0 spiro atoms. The fourth-order valence-electron chi connectivity index (χ4n) is 1.39. The van der Waals surface area contributed by atoms with Crippen LogP contribution in [0, 0.1) is 0 Å². The lowest BCUT2D eigenvalue weighted by atomic mass is 10.1.